The minimum absolute atomic E-state index is 0.0998. The van der Waals surface area contributed by atoms with Gasteiger partial charge in [0, 0.05) is 28.5 Å². The number of hydrogen-bond acceptors (Lipinski definition) is 3. The van der Waals surface area contributed by atoms with Crippen molar-refractivity contribution in [1.29, 1.82) is 0 Å². The van der Waals surface area contributed by atoms with Crippen LogP contribution >= 0.6 is 27.5 Å². The summed E-state index contributed by atoms with van der Waals surface area (Å²) < 4.78 is 13.9. The molecule has 0 aliphatic rings. The number of hydrogen-bond donors (Lipinski definition) is 3. The van der Waals surface area contributed by atoms with Crippen LogP contribution in [0.3, 0.4) is 0 Å². The lowest BCUT2D eigenvalue weighted by molar-refractivity contribution is -0.119. The van der Waals surface area contributed by atoms with Gasteiger partial charge in [-0.15, -0.1) is 0 Å². The van der Waals surface area contributed by atoms with E-state index in [1.54, 1.807) is 0 Å². The molecule has 0 spiro atoms. The molecule has 1 aromatic carbocycles. The number of carbonyl (C=O) groups is 1. The Morgan fingerprint density at radius 2 is 2.17 bits per heavy atom. The Morgan fingerprint density at radius 1 is 1.56 bits per heavy atom. The molecule has 7 heteroatoms. The molecule has 0 aliphatic carbocycles. The molecule has 0 radical (unpaired) electrons. The zero-order valence-electron chi connectivity index (χ0n) is 9.45. The van der Waals surface area contributed by atoms with E-state index in [0.717, 1.165) is 6.07 Å². The highest BCUT2D eigenvalue weighted by molar-refractivity contribution is 9.10. The van der Waals surface area contributed by atoms with Crippen molar-refractivity contribution >= 4 is 33.4 Å². The molecule has 0 aromatic heterocycles. The van der Waals surface area contributed by atoms with Crippen molar-refractivity contribution in [3.63, 3.8) is 0 Å². The number of aliphatic hydroxyl groups excluding tert-OH is 2. The summed E-state index contributed by atoms with van der Waals surface area (Å²) in [5, 5.41) is 22.0. The maximum atomic E-state index is 13.6. The fourth-order valence-corrected chi connectivity index (χ4v) is 2.40. The first kappa shape index (κ1) is 15.4. The second-order valence-corrected chi connectivity index (χ2v) is 5.02. The quantitative estimate of drug-likeness (QED) is 0.782. The van der Waals surface area contributed by atoms with Crippen molar-refractivity contribution in [2.75, 3.05) is 6.54 Å². The molecule has 4 nitrogen and oxygen atoms in total. The third kappa shape index (κ3) is 3.91. The van der Waals surface area contributed by atoms with Crippen LogP contribution in [0.4, 0.5) is 4.39 Å². The van der Waals surface area contributed by atoms with Crippen LogP contribution in [-0.4, -0.2) is 28.8 Å². The Bertz CT molecular complexity index is 435. The molecule has 18 heavy (non-hydrogen) atoms. The standard InChI is InChI=1S/C11H12BrClFNO3/c1-5(16)15-4-9(17)11(18)10-7(12)2-6(13)3-8(10)14/h2-3,9,11,17-18H,4H2,1H3,(H,15,16). The summed E-state index contributed by atoms with van der Waals surface area (Å²) in [7, 11) is 0. The predicted molar refractivity (Wildman–Crippen MR) is 68.8 cm³/mol. The number of halogens is 3. The smallest absolute Gasteiger partial charge is 0.216 e. The molecule has 2 unspecified atom stereocenters. The molecule has 1 amide bonds. The fraction of sp³-hybridized carbons (Fsp3) is 0.364. The zero-order valence-corrected chi connectivity index (χ0v) is 11.8. The summed E-state index contributed by atoms with van der Waals surface area (Å²) >= 11 is 8.70. The number of benzene rings is 1. The largest absolute Gasteiger partial charge is 0.388 e. The van der Waals surface area contributed by atoms with Crippen molar-refractivity contribution in [2.24, 2.45) is 0 Å². The van der Waals surface area contributed by atoms with Gasteiger partial charge in [-0.3, -0.25) is 4.79 Å². The Balaban J connectivity index is 2.89. The first-order chi connectivity index (χ1) is 8.32. The van der Waals surface area contributed by atoms with Crippen molar-refractivity contribution in [3.05, 3.63) is 33.0 Å². The summed E-state index contributed by atoms with van der Waals surface area (Å²) in [4.78, 5) is 10.7. The van der Waals surface area contributed by atoms with E-state index in [1.807, 2.05) is 0 Å². The van der Waals surface area contributed by atoms with Crippen LogP contribution in [0.25, 0.3) is 0 Å². The maximum Gasteiger partial charge on any atom is 0.216 e. The normalized spacial score (nSPS) is 14.1. The van der Waals surface area contributed by atoms with Crippen LogP contribution in [0.2, 0.25) is 5.02 Å². The lowest BCUT2D eigenvalue weighted by Gasteiger charge is -2.20. The number of carbonyl (C=O) groups excluding carboxylic acids is 1. The minimum atomic E-state index is -1.47. The Labute approximate surface area is 117 Å². The van der Waals surface area contributed by atoms with Crippen LogP contribution in [-0.2, 0) is 4.79 Å². The van der Waals surface area contributed by atoms with Crippen LogP contribution in [0.1, 0.15) is 18.6 Å². The molecule has 2 atom stereocenters. The van der Waals surface area contributed by atoms with E-state index in [9.17, 15) is 19.4 Å². The molecule has 0 fully saturated rings. The number of aliphatic hydroxyl groups is 2. The summed E-state index contributed by atoms with van der Waals surface area (Å²) in [5.74, 6) is -1.08. The SMILES string of the molecule is CC(=O)NCC(O)C(O)c1c(F)cc(Cl)cc1Br. The van der Waals surface area contributed by atoms with Crippen molar-refractivity contribution in [3.8, 4) is 0 Å². The average molecular weight is 341 g/mol. The average Bonchev–Trinajstić information content (AvgIpc) is 2.24. The van der Waals surface area contributed by atoms with Gasteiger partial charge < -0.3 is 15.5 Å². The van der Waals surface area contributed by atoms with E-state index in [-0.39, 0.29) is 27.5 Å². The van der Waals surface area contributed by atoms with Crippen molar-refractivity contribution in [1.82, 2.24) is 5.32 Å². The van der Waals surface area contributed by atoms with Gasteiger partial charge in [-0.2, -0.15) is 0 Å². The molecular formula is C11H12BrClFNO3. The topological polar surface area (TPSA) is 69.6 Å². The molecule has 1 rings (SSSR count). The summed E-state index contributed by atoms with van der Waals surface area (Å²) in [6, 6.07) is 2.45. The van der Waals surface area contributed by atoms with Gasteiger partial charge in [-0.25, -0.2) is 4.39 Å². The second kappa shape index (κ2) is 6.47. The third-order valence-electron chi connectivity index (χ3n) is 2.26. The Morgan fingerprint density at radius 3 is 2.67 bits per heavy atom. The highest BCUT2D eigenvalue weighted by Crippen LogP contribution is 2.31. The fourth-order valence-electron chi connectivity index (χ4n) is 1.39. The van der Waals surface area contributed by atoms with Gasteiger partial charge in [0.25, 0.3) is 0 Å². The maximum absolute atomic E-state index is 13.6. The van der Waals surface area contributed by atoms with Crippen LogP contribution in [0, 0.1) is 5.82 Å². The van der Waals surface area contributed by atoms with Crippen LogP contribution in [0.5, 0.6) is 0 Å². The first-order valence-electron chi connectivity index (χ1n) is 5.08. The zero-order chi connectivity index (χ0) is 13.9. The van der Waals surface area contributed by atoms with Gasteiger partial charge in [0.05, 0.1) is 0 Å². The first-order valence-corrected chi connectivity index (χ1v) is 6.25. The van der Waals surface area contributed by atoms with Crippen LogP contribution in [0.15, 0.2) is 16.6 Å². The van der Waals surface area contributed by atoms with E-state index in [1.165, 1.54) is 13.0 Å². The van der Waals surface area contributed by atoms with E-state index in [2.05, 4.69) is 21.2 Å². The van der Waals surface area contributed by atoms with Gasteiger partial charge in [0.15, 0.2) is 0 Å². The Kier molecular flexibility index (Phi) is 5.52. The van der Waals surface area contributed by atoms with E-state index >= 15 is 0 Å². The van der Waals surface area contributed by atoms with Gasteiger partial charge in [0.2, 0.25) is 5.91 Å². The second-order valence-electron chi connectivity index (χ2n) is 3.73. The van der Waals surface area contributed by atoms with E-state index in [0.29, 0.717) is 0 Å². The number of nitrogens with one attached hydrogen (secondary N) is 1. The highest BCUT2D eigenvalue weighted by Gasteiger charge is 2.24. The lowest BCUT2D eigenvalue weighted by Crippen LogP contribution is -2.34. The molecule has 0 heterocycles. The lowest BCUT2D eigenvalue weighted by atomic mass is 10.0. The molecule has 1 aromatic rings. The number of rotatable bonds is 4. The summed E-state index contributed by atoms with van der Waals surface area (Å²) in [6.45, 7) is 1.10. The monoisotopic (exact) mass is 339 g/mol. The molecular weight excluding hydrogens is 328 g/mol. The van der Waals surface area contributed by atoms with Crippen molar-refractivity contribution < 1.29 is 19.4 Å². The van der Waals surface area contributed by atoms with E-state index in [4.69, 9.17) is 11.6 Å². The van der Waals surface area contributed by atoms with Gasteiger partial charge >= 0.3 is 0 Å². The van der Waals surface area contributed by atoms with Gasteiger partial charge in [-0.1, -0.05) is 27.5 Å². The highest BCUT2D eigenvalue weighted by atomic mass is 79.9. The summed E-state index contributed by atoms with van der Waals surface area (Å²) in [5.41, 5.74) is -0.0998. The third-order valence-corrected chi connectivity index (χ3v) is 3.14. The van der Waals surface area contributed by atoms with Gasteiger partial charge in [0.1, 0.15) is 18.0 Å². The molecule has 0 bridgehead atoms. The predicted octanol–water partition coefficient (Wildman–Crippen LogP) is 1.77. The van der Waals surface area contributed by atoms with Gasteiger partial charge in [-0.05, 0) is 12.1 Å². The number of amides is 1. The molecule has 100 valence electrons. The van der Waals surface area contributed by atoms with Crippen molar-refractivity contribution in [2.45, 2.75) is 19.1 Å². The van der Waals surface area contributed by atoms with E-state index < -0.39 is 18.0 Å². The van der Waals surface area contributed by atoms with Crippen LogP contribution < -0.4 is 5.32 Å². The molecule has 3 N–H and O–H groups in total. The minimum Gasteiger partial charge on any atom is -0.388 e. The molecule has 0 aliphatic heterocycles. The molecule has 0 saturated heterocycles. The Hall–Kier alpha value is -0.690. The summed E-state index contributed by atoms with van der Waals surface area (Å²) in [6.07, 6.45) is -2.79. The molecule has 0 saturated carbocycles.